The largest absolute Gasteiger partial charge is 0.504 e. The van der Waals surface area contributed by atoms with E-state index in [1.807, 2.05) is 66.8 Å². The van der Waals surface area contributed by atoms with Crippen LogP contribution in [0.2, 0.25) is 0 Å². The number of hydrogen-bond donors (Lipinski definition) is 3. The van der Waals surface area contributed by atoms with Gasteiger partial charge in [-0.05, 0) is 94.8 Å². The summed E-state index contributed by atoms with van der Waals surface area (Å²) in [7, 11) is 2.58. The van der Waals surface area contributed by atoms with Crippen molar-refractivity contribution in [1.82, 2.24) is 9.88 Å². The van der Waals surface area contributed by atoms with Gasteiger partial charge in [-0.15, -0.1) is 0 Å². The second-order valence-electron chi connectivity index (χ2n) is 10.7. The Morgan fingerprint density at radius 3 is 2.55 bits per heavy atom. The molecule has 1 saturated heterocycles. The molecule has 0 spiro atoms. The molecule has 4 rings (SSSR count). The van der Waals surface area contributed by atoms with Crippen molar-refractivity contribution in [3.63, 3.8) is 0 Å². The summed E-state index contributed by atoms with van der Waals surface area (Å²) in [5.41, 5.74) is 3.65. The maximum atomic E-state index is 13.3. The number of carbonyl (C=O) groups excluding carboxylic acids is 3. The van der Waals surface area contributed by atoms with Crippen LogP contribution in [0.5, 0.6) is 11.5 Å². The average Bonchev–Trinajstić information content (AvgIpc) is 3.24. The van der Waals surface area contributed by atoms with Crippen molar-refractivity contribution in [2.45, 2.75) is 39.2 Å². The van der Waals surface area contributed by atoms with Crippen molar-refractivity contribution in [3.8, 4) is 11.5 Å². The number of fused-ring (bicyclic) bond motifs is 1. The number of likely N-dealkylation sites (tertiary alicyclic amines) is 1. The molecule has 1 aromatic carbocycles. The van der Waals surface area contributed by atoms with Gasteiger partial charge < -0.3 is 24.8 Å². The van der Waals surface area contributed by atoms with Gasteiger partial charge in [0.05, 0.1) is 48.0 Å². The molecule has 0 bridgehead atoms. The normalized spacial score (nSPS) is 21.6. The van der Waals surface area contributed by atoms with Gasteiger partial charge in [-0.1, -0.05) is 25.5 Å². The molecule has 1 fully saturated rings. The van der Waals surface area contributed by atoms with Gasteiger partial charge in [-0.3, -0.25) is 14.6 Å². The molecule has 0 unspecified atom stereocenters. The molecule has 2 aliphatic rings. The lowest BCUT2D eigenvalue weighted by atomic mass is 9.66. The molecule has 0 radical (unpaired) electrons. The number of amides is 3. The van der Waals surface area contributed by atoms with Crippen molar-refractivity contribution >= 4 is 52.1 Å². The molecule has 3 N–H and O–H groups in total. The SMILES string of the molecule is COC(=O)N1C(=O)[C@@H]2[C@@H](CC(C(C)C)=C([C@H](O)CC/C(=C/c3cc(I)c(O)c(OC)c3)c3ccccn3)[C@@H]2CO)C1=O. The van der Waals surface area contributed by atoms with Crippen LogP contribution in [-0.4, -0.2) is 70.0 Å². The summed E-state index contributed by atoms with van der Waals surface area (Å²) in [6.07, 6.45) is 2.37. The zero-order valence-electron chi connectivity index (χ0n) is 23.9. The Hall–Kier alpha value is -3.29. The molecular formula is C31H35IN2O8. The molecule has 2 heterocycles. The van der Waals surface area contributed by atoms with Crippen LogP contribution >= 0.6 is 22.6 Å². The van der Waals surface area contributed by atoms with Gasteiger partial charge in [0, 0.05) is 12.1 Å². The standard InChI is InChI=1S/C31H35IN2O8/c1-16(2)19-14-20-27(30(39)34(29(20)38)31(40)42-4)21(15-35)26(19)24(36)9-8-18(23-7-5-6-10-33-23)11-17-12-22(32)28(37)25(13-17)41-3/h5-7,10-13,16,20-21,24,27,35-37H,8-9,14-15H2,1-4H3/b18-11-/t20-,21+,24-,27-/m1/s1. The van der Waals surface area contributed by atoms with Crippen LogP contribution in [0.15, 0.2) is 47.7 Å². The zero-order chi connectivity index (χ0) is 30.7. The van der Waals surface area contributed by atoms with E-state index in [0.29, 0.717) is 31.9 Å². The predicted molar refractivity (Wildman–Crippen MR) is 163 cm³/mol. The number of aromatic hydroxyl groups is 1. The second kappa shape index (κ2) is 13.3. The van der Waals surface area contributed by atoms with E-state index in [9.17, 15) is 29.7 Å². The number of benzene rings is 1. The number of ether oxygens (including phenoxy) is 2. The Labute approximate surface area is 258 Å². The molecule has 3 amide bonds. The van der Waals surface area contributed by atoms with Crippen LogP contribution < -0.4 is 4.74 Å². The summed E-state index contributed by atoms with van der Waals surface area (Å²) in [5, 5.41) is 32.4. The average molecular weight is 691 g/mol. The number of rotatable bonds is 9. The Balaban J connectivity index is 1.69. The third kappa shape index (κ3) is 6.09. The summed E-state index contributed by atoms with van der Waals surface area (Å²) in [6, 6.07) is 9.08. The Morgan fingerprint density at radius 2 is 1.95 bits per heavy atom. The number of pyridine rings is 1. The van der Waals surface area contributed by atoms with Crippen LogP contribution in [0, 0.1) is 27.2 Å². The van der Waals surface area contributed by atoms with Crippen molar-refractivity contribution in [2.75, 3.05) is 20.8 Å². The number of aliphatic hydroxyl groups excluding tert-OH is 2. The second-order valence-corrected chi connectivity index (χ2v) is 11.9. The molecule has 11 heteroatoms. The number of allylic oxidation sites excluding steroid dienone is 2. The highest BCUT2D eigenvalue weighted by molar-refractivity contribution is 14.1. The number of aliphatic hydroxyl groups is 2. The summed E-state index contributed by atoms with van der Waals surface area (Å²) in [5.74, 6) is -3.64. The number of nitrogens with zero attached hydrogens (tertiary/aromatic N) is 2. The molecule has 0 saturated carbocycles. The van der Waals surface area contributed by atoms with Crippen molar-refractivity contribution in [3.05, 3.63) is 62.5 Å². The van der Waals surface area contributed by atoms with E-state index in [1.54, 1.807) is 12.3 Å². The Morgan fingerprint density at radius 1 is 1.21 bits per heavy atom. The van der Waals surface area contributed by atoms with Crippen LogP contribution in [0.4, 0.5) is 4.79 Å². The first-order valence-electron chi connectivity index (χ1n) is 13.7. The number of methoxy groups -OCH3 is 2. The minimum Gasteiger partial charge on any atom is -0.504 e. The van der Waals surface area contributed by atoms with Gasteiger partial charge in [-0.2, -0.15) is 4.90 Å². The molecule has 2 aromatic rings. The van der Waals surface area contributed by atoms with E-state index in [-0.39, 0.29) is 24.5 Å². The number of halogens is 1. The molecular weight excluding hydrogens is 655 g/mol. The molecule has 42 heavy (non-hydrogen) atoms. The summed E-state index contributed by atoms with van der Waals surface area (Å²) >= 11 is 2.03. The van der Waals surface area contributed by atoms with Crippen LogP contribution in [0.1, 0.15) is 44.4 Å². The van der Waals surface area contributed by atoms with Crippen LogP contribution in [-0.2, 0) is 14.3 Å². The lowest BCUT2D eigenvalue weighted by Gasteiger charge is -2.38. The number of phenolic OH excluding ortho intramolecular Hbond substituents is 1. The fourth-order valence-corrected chi connectivity index (χ4v) is 6.65. The number of carbonyl (C=O) groups is 3. The van der Waals surface area contributed by atoms with Gasteiger partial charge >= 0.3 is 6.09 Å². The summed E-state index contributed by atoms with van der Waals surface area (Å²) in [4.78, 5) is 43.6. The Kier molecular flexibility index (Phi) is 10.1. The van der Waals surface area contributed by atoms with Gasteiger partial charge in [-0.25, -0.2) is 4.79 Å². The molecule has 4 atom stereocenters. The minimum atomic E-state index is -1.05. The first-order chi connectivity index (χ1) is 20.0. The van der Waals surface area contributed by atoms with Crippen molar-refractivity contribution in [1.29, 1.82) is 0 Å². The smallest absolute Gasteiger partial charge is 0.423 e. The maximum absolute atomic E-state index is 13.3. The van der Waals surface area contributed by atoms with Crippen LogP contribution in [0.25, 0.3) is 11.6 Å². The quantitative estimate of drug-likeness (QED) is 0.198. The summed E-state index contributed by atoms with van der Waals surface area (Å²) < 4.78 is 10.6. The number of aromatic nitrogens is 1. The lowest BCUT2D eigenvalue weighted by molar-refractivity contribution is -0.137. The lowest BCUT2D eigenvalue weighted by Crippen LogP contribution is -2.40. The van der Waals surface area contributed by atoms with Gasteiger partial charge in [0.2, 0.25) is 11.8 Å². The molecule has 224 valence electrons. The third-order valence-electron chi connectivity index (χ3n) is 8.02. The molecule has 1 aliphatic carbocycles. The fraction of sp³-hybridized carbons (Fsp3) is 0.419. The van der Waals surface area contributed by atoms with Crippen molar-refractivity contribution in [2.24, 2.45) is 23.7 Å². The van der Waals surface area contributed by atoms with Gasteiger partial charge in [0.25, 0.3) is 0 Å². The third-order valence-corrected chi connectivity index (χ3v) is 8.84. The Bertz CT molecular complexity index is 1420. The van der Waals surface area contributed by atoms with E-state index in [0.717, 1.165) is 23.8 Å². The van der Waals surface area contributed by atoms with E-state index in [2.05, 4.69) is 9.72 Å². The van der Waals surface area contributed by atoms with Crippen LogP contribution in [0.3, 0.4) is 0 Å². The first kappa shape index (κ1) is 31.6. The highest BCUT2D eigenvalue weighted by Gasteiger charge is 2.57. The van der Waals surface area contributed by atoms with E-state index < -0.39 is 48.4 Å². The van der Waals surface area contributed by atoms with Gasteiger partial charge in [0.1, 0.15) is 0 Å². The molecule has 1 aliphatic heterocycles. The summed E-state index contributed by atoms with van der Waals surface area (Å²) in [6.45, 7) is 3.41. The minimum absolute atomic E-state index is 0.0505. The van der Waals surface area contributed by atoms with E-state index in [1.165, 1.54) is 7.11 Å². The van der Waals surface area contributed by atoms with Gasteiger partial charge in [0.15, 0.2) is 11.5 Å². The van der Waals surface area contributed by atoms with E-state index in [4.69, 9.17) is 4.74 Å². The number of hydrogen-bond acceptors (Lipinski definition) is 9. The number of phenols is 1. The molecule has 1 aromatic heterocycles. The van der Waals surface area contributed by atoms with Crippen molar-refractivity contribution < 1.29 is 39.2 Å². The highest BCUT2D eigenvalue weighted by atomic mass is 127. The highest BCUT2D eigenvalue weighted by Crippen LogP contribution is 2.48. The number of imide groups is 3. The monoisotopic (exact) mass is 690 g/mol. The predicted octanol–water partition coefficient (Wildman–Crippen LogP) is 4.41. The fourth-order valence-electron chi connectivity index (χ4n) is 6.02. The maximum Gasteiger partial charge on any atom is 0.423 e. The van der Waals surface area contributed by atoms with E-state index >= 15 is 0 Å². The topological polar surface area (TPSA) is 146 Å². The molecule has 10 nitrogen and oxygen atoms in total. The zero-order valence-corrected chi connectivity index (χ0v) is 26.1. The first-order valence-corrected chi connectivity index (χ1v) is 14.8.